The molecule has 0 saturated heterocycles. The predicted octanol–water partition coefficient (Wildman–Crippen LogP) is 0.730. The molecule has 0 aromatic heterocycles. The van der Waals surface area contributed by atoms with Gasteiger partial charge in [0.05, 0.1) is 0 Å². The Morgan fingerprint density at radius 1 is 1.33 bits per heavy atom. The second-order valence-electron chi connectivity index (χ2n) is 4.47. The van der Waals surface area contributed by atoms with Gasteiger partial charge in [0.25, 0.3) is 5.91 Å². The van der Waals surface area contributed by atoms with Crippen molar-refractivity contribution in [3.05, 3.63) is 12.0 Å². The van der Waals surface area contributed by atoms with Gasteiger partial charge >= 0.3 is 5.97 Å². The zero-order valence-electron chi connectivity index (χ0n) is 10.1. The molecule has 1 aliphatic heterocycles. The highest BCUT2D eigenvalue weighted by atomic mass is 16.6. The Morgan fingerprint density at radius 3 is 2.61 bits per heavy atom. The van der Waals surface area contributed by atoms with Gasteiger partial charge in [-0.3, -0.25) is 9.59 Å². The summed E-state index contributed by atoms with van der Waals surface area (Å²) in [5, 5.41) is 8.91. The van der Waals surface area contributed by atoms with E-state index < -0.39 is 5.97 Å². The maximum absolute atomic E-state index is 12.2. The van der Waals surface area contributed by atoms with Crippen molar-refractivity contribution in [1.29, 1.82) is 0 Å². The fourth-order valence-electron chi connectivity index (χ4n) is 2.35. The van der Waals surface area contributed by atoms with Gasteiger partial charge in [-0.05, 0) is 12.8 Å². The second-order valence-corrected chi connectivity index (χ2v) is 4.47. The second kappa shape index (κ2) is 5.75. The van der Waals surface area contributed by atoms with Gasteiger partial charge in [0.1, 0.15) is 26.0 Å². The van der Waals surface area contributed by atoms with Crippen LogP contribution in [0.4, 0.5) is 0 Å². The van der Waals surface area contributed by atoms with Crippen LogP contribution in [-0.2, 0) is 19.1 Å². The van der Waals surface area contributed by atoms with Gasteiger partial charge in [0.2, 0.25) is 5.76 Å². The molecular weight excluding hydrogens is 238 g/mol. The quantitative estimate of drug-likeness (QED) is 0.801. The van der Waals surface area contributed by atoms with E-state index in [4.69, 9.17) is 14.6 Å². The van der Waals surface area contributed by atoms with Gasteiger partial charge < -0.3 is 19.5 Å². The van der Waals surface area contributed by atoms with E-state index in [1.54, 1.807) is 0 Å². The van der Waals surface area contributed by atoms with Crippen molar-refractivity contribution in [1.82, 2.24) is 4.90 Å². The van der Waals surface area contributed by atoms with Crippen LogP contribution in [0.5, 0.6) is 0 Å². The lowest BCUT2D eigenvalue weighted by atomic mass is 10.2. The molecule has 0 unspecified atom stereocenters. The first-order valence-corrected chi connectivity index (χ1v) is 6.16. The molecule has 1 heterocycles. The van der Waals surface area contributed by atoms with Crippen molar-refractivity contribution in [3.63, 3.8) is 0 Å². The van der Waals surface area contributed by atoms with Crippen molar-refractivity contribution >= 4 is 11.9 Å². The van der Waals surface area contributed by atoms with Crippen molar-refractivity contribution in [2.24, 2.45) is 0 Å². The predicted molar refractivity (Wildman–Crippen MR) is 61.6 cm³/mol. The molecule has 100 valence electrons. The van der Waals surface area contributed by atoms with E-state index in [-0.39, 0.29) is 24.3 Å². The van der Waals surface area contributed by atoms with Crippen LogP contribution in [0.3, 0.4) is 0 Å². The number of carbonyl (C=O) groups is 2. The van der Waals surface area contributed by atoms with Gasteiger partial charge in [0, 0.05) is 6.04 Å². The minimum absolute atomic E-state index is 0.0000246. The smallest absolute Gasteiger partial charge is 0.323 e. The van der Waals surface area contributed by atoms with Gasteiger partial charge in [0.15, 0.2) is 0 Å². The Hall–Kier alpha value is -1.72. The third-order valence-corrected chi connectivity index (χ3v) is 3.19. The molecule has 18 heavy (non-hydrogen) atoms. The summed E-state index contributed by atoms with van der Waals surface area (Å²) >= 11 is 0. The van der Waals surface area contributed by atoms with Crippen LogP contribution in [-0.4, -0.2) is 47.7 Å². The molecule has 0 bridgehead atoms. The monoisotopic (exact) mass is 255 g/mol. The first-order chi connectivity index (χ1) is 8.68. The highest BCUT2D eigenvalue weighted by Crippen LogP contribution is 2.25. The number of hydrogen-bond acceptors (Lipinski definition) is 4. The summed E-state index contributed by atoms with van der Waals surface area (Å²) in [5.41, 5.74) is 0. The molecule has 6 heteroatoms. The Morgan fingerprint density at radius 2 is 2.06 bits per heavy atom. The van der Waals surface area contributed by atoms with Crippen LogP contribution in [0, 0.1) is 0 Å². The third kappa shape index (κ3) is 2.94. The summed E-state index contributed by atoms with van der Waals surface area (Å²) < 4.78 is 10.3. The van der Waals surface area contributed by atoms with Crippen molar-refractivity contribution in [2.75, 3.05) is 19.8 Å². The van der Waals surface area contributed by atoms with E-state index in [0.717, 1.165) is 25.7 Å². The fourth-order valence-corrected chi connectivity index (χ4v) is 2.35. The highest BCUT2D eigenvalue weighted by Gasteiger charge is 2.31. The van der Waals surface area contributed by atoms with Gasteiger partial charge in [-0.1, -0.05) is 12.8 Å². The number of rotatable bonds is 4. The summed E-state index contributed by atoms with van der Waals surface area (Å²) in [5.74, 6) is -1.29. The van der Waals surface area contributed by atoms with E-state index in [0.29, 0.717) is 13.2 Å². The highest BCUT2D eigenvalue weighted by molar-refractivity contribution is 5.93. The molecule has 1 aliphatic carbocycles. The molecule has 1 N–H and O–H groups in total. The van der Waals surface area contributed by atoms with Crippen LogP contribution < -0.4 is 0 Å². The zero-order chi connectivity index (χ0) is 13.0. The number of carboxylic acid groups (broad SMARTS) is 1. The maximum atomic E-state index is 12.2. The van der Waals surface area contributed by atoms with Crippen molar-refractivity contribution < 1.29 is 24.2 Å². The fraction of sp³-hybridized carbons (Fsp3) is 0.667. The number of carbonyl (C=O) groups excluding carboxylic acids is 1. The Balaban J connectivity index is 2.08. The van der Waals surface area contributed by atoms with Crippen LogP contribution in [0.25, 0.3) is 0 Å². The first kappa shape index (κ1) is 12.7. The van der Waals surface area contributed by atoms with Gasteiger partial charge in [-0.15, -0.1) is 0 Å². The molecular formula is C12H17NO5. The number of aliphatic carboxylic acids is 1. The number of carboxylic acids is 1. The molecule has 1 fully saturated rings. The number of ether oxygens (including phenoxy) is 2. The standard InChI is InChI=1S/C12H17NO5/c14-11(15)7-13(9-3-1-2-4-9)12(16)10-8-17-5-6-18-10/h8-9H,1-7H2,(H,14,15). The minimum atomic E-state index is -1.01. The summed E-state index contributed by atoms with van der Waals surface area (Å²) in [6, 6.07) is 0.0000246. The summed E-state index contributed by atoms with van der Waals surface area (Å²) in [4.78, 5) is 24.5. The van der Waals surface area contributed by atoms with E-state index in [1.807, 2.05) is 0 Å². The summed E-state index contributed by atoms with van der Waals surface area (Å²) in [7, 11) is 0. The minimum Gasteiger partial charge on any atom is -0.494 e. The Labute approximate surface area is 105 Å². The van der Waals surface area contributed by atoms with Crippen molar-refractivity contribution in [2.45, 2.75) is 31.7 Å². The Kier molecular flexibility index (Phi) is 4.07. The van der Waals surface area contributed by atoms with Crippen molar-refractivity contribution in [3.8, 4) is 0 Å². The normalized spacial score (nSPS) is 19.7. The molecule has 6 nitrogen and oxygen atoms in total. The zero-order valence-corrected chi connectivity index (χ0v) is 10.1. The molecule has 0 radical (unpaired) electrons. The lowest BCUT2D eigenvalue weighted by molar-refractivity contribution is -0.146. The molecule has 2 aliphatic rings. The van der Waals surface area contributed by atoms with E-state index in [2.05, 4.69) is 0 Å². The lowest BCUT2D eigenvalue weighted by Gasteiger charge is -2.28. The topological polar surface area (TPSA) is 76.1 Å². The molecule has 0 aromatic rings. The largest absolute Gasteiger partial charge is 0.494 e. The van der Waals surface area contributed by atoms with E-state index >= 15 is 0 Å². The van der Waals surface area contributed by atoms with Crippen LogP contribution in [0.15, 0.2) is 12.0 Å². The molecule has 1 saturated carbocycles. The SMILES string of the molecule is O=C(O)CN(C(=O)C1=COCCO1)C1CCCC1. The molecule has 0 aromatic carbocycles. The number of nitrogens with zero attached hydrogens (tertiary/aromatic N) is 1. The summed E-state index contributed by atoms with van der Waals surface area (Å²) in [6.07, 6.45) is 5.05. The summed E-state index contributed by atoms with van der Waals surface area (Å²) in [6.45, 7) is 0.451. The molecule has 1 amide bonds. The average molecular weight is 255 g/mol. The number of hydrogen-bond donors (Lipinski definition) is 1. The lowest BCUT2D eigenvalue weighted by Crippen LogP contribution is -2.43. The third-order valence-electron chi connectivity index (χ3n) is 3.19. The van der Waals surface area contributed by atoms with Gasteiger partial charge in [-0.2, -0.15) is 0 Å². The molecule has 0 atom stereocenters. The first-order valence-electron chi connectivity index (χ1n) is 6.16. The maximum Gasteiger partial charge on any atom is 0.323 e. The Bertz CT molecular complexity index is 359. The average Bonchev–Trinajstić information content (AvgIpc) is 2.89. The van der Waals surface area contributed by atoms with Gasteiger partial charge in [-0.25, -0.2) is 0 Å². The van der Waals surface area contributed by atoms with Crippen LogP contribution >= 0.6 is 0 Å². The molecule has 2 rings (SSSR count). The van der Waals surface area contributed by atoms with E-state index in [1.165, 1.54) is 11.2 Å². The molecule has 0 spiro atoms. The van der Waals surface area contributed by atoms with Crippen LogP contribution in [0.2, 0.25) is 0 Å². The number of amides is 1. The van der Waals surface area contributed by atoms with Crippen LogP contribution in [0.1, 0.15) is 25.7 Å². The van der Waals surface area contributed by atoms with E-state index in [9.17, 15) is 9.59 Å².